The van der Waals surface area contributed by atoms with Crippen LogP contribution in [0.1, 0.15) is 89.3 Å². The van der Waals surface area contributed by atoms with E-state index in [1.807, 2.05) is 12.1 Å². The summed E-state index contributed by atoms with van der Waals surface area (Å²) < 4.78 is 2.34. The van der Waals surface area contributed by atoms with Crippen molar-refractivity contribution in [1.29, 1.82) is 0 Å². The molecule has 5 nitrogen and oxygen atoms in total. The van der Waals surface area contributed by atoms with Gasteiger partial charge in [0.05, 0.1) is 11.0 Å². The van der Waals surface area contributed by atoms with Crippen molar-refractivity contribution in [2.24, 2.45) is 11.8 Å². The average Bonchev–Trinajstić information content (AvgIpc) is 3.14. The summed E-state index contributed by atoms with van der Waals surface area (Å²) in [6.45, 7) is 21.2. The fourth-order valence-corrected chi connectivity index (χ4v) is 4.92. The highest BCUT2D eigenvalue weighted by Gasteiger charge is 2.19. The molecule has 1 amide bonds. The van der Waals surface area contributed by atoms with Crippen molar-refractivity contribution < 1.29 is 4.79 Å². The molecule has 35 heavy (non-hydrogen) atoms. The van der Waals surface area contributed by atoms with E-state index in [-0.39, 0.29) is 5.91 Å². The van der Waals surface area contributed by atoms with Crippen molar-refractivity contribution in [3.05, 3.63) is 41.7 Å². The van der Waals surface area contributed by atoms with E-state index < -0.39 is 0 Å². The normalized spacial score (nSPS) is 14.8. The van der Waals surface area contributed by atoms with Crippen LogP contribution in [-0.4, -0.2) is 58.0 Å². The number of likely N-dealkylation sites (tertiary alicyclic amines) is 1. The fourth-order valence-electron chi connectivity index (χ4n) is 4.92. The van der Waals surface area contributed by atoms with Gasteiger partial charge in [-0.1, -0.05) is 46.3 Å². The van der Waals surface area contributed by atoms with Gasteiger partial charge in [-0.15, -0.1) is 0 Å². The highest BCUT2D eigenvalue weighted by molar-refractivity contribution is 5.97. The average molecular weight is 481 g/mol. The van der Waals surface area contributed by atoms with E-state index in [0.29, 0.717) is 11.8 Å². The molecule has 0 unspecified atom stereocenters. The van der Waals surface area contributed by atoms with Crippen molar-refractivity contribution in [3.8, 4) is 0 Å². The first kappa shape index (κ1) is 27.4. The Morgan fingerprint density at radius 2 is 1.69 bits per heavy atom. The number of imidazole rings is 1. The van der Waals surface area contributed by atoms with E-state index >= 15 is 0 Å². The third kappa shape index (κ3) is 8.20. The molecule has 1 saturated heterocycles. The Balaban J connectivity index is 1.83. The number of amides is 1. The number of carbonyl (C=O) groups is 1. The monoisotopic (exact) mass is 480 g/mol. The minimum atomic E-state index is 0.149. The molecular weight excluding hydrogens is 432 g/mol. The zero-order valence-corrected chi connectivity index (χ0v) is 23.0. The molecule has 0 radical (unpaired) electrons. The molecule has 0 atom stereocenters. The minimum absolute atomic E-state index is 0.149. The molecular formula is C30H48N4O. The molecule has 2 heterocycles. The molecule has 0 saturated carbocycles. The van der Waals surface area contributed by atoms with E-state index in [1.165, 1.54) is 32.4 Å². The maximum atomic E-state index is 13.6. The molecule has 5 heteroatoms. The van der Waals surface area contributed by atoms with Crippen LogP contribution in [0.15, 0.2) is 30.4 Å². The van der Waals surface area contributed by atoms with E-state index in [4.69, 9.17) is 4.98 Å². The second kappa shape index (κ2) is 13.2. The summed E-state index contributed by atoms with van der Waals surface area (Å²) in [6.07, 6.45) is 7.95. The van der Waals surface area contributed by atoms with Gasteiger partial charge in [0.15, 0.2) is 0 Å². The van der Waals surface area contributed by atoms with E-state index in [2.05, 4.69) is 61.6 Å². The van der Waals surface area contributed by atoms with Crippen LogP contribution in [0.25, 0.3) is 11.0 Å². The molecule has 1 aliphatic heterocycles. The molecule has 2 aromatic rings. The van der Waals surface area contributed by atoms with Gasteiger partial charge in [0.25, 0.3) is 5.91 Å². The van der Waals surface area contributed by atoms with Crippen LogP contribution >= 0.6 is 0 Å². The molecule has 0 N–H and O–H groups in total. The zero-order chi connectivity index (χ0) is 25.4. The van der Waals surface area contributed by atoms with Crippen LogP contribution in [0, 0.1) is 11.8 Å². The maximum Gasteiger partial charge on any atom is 0.253 e. The lowest BCUT2D eigenvalue weighted by molar-refractivity contribution is 0.0741. The molecule has 3 rings (SSSR count). The maximum absolute atomic E-state index is 13.6. The van der Waals surface area contributed by atoms with Gasteiger partial charge in [0.1, 0.15) is 5.82 Å². The number of rotatable bonds is 13. The standard InChI is InChI=1S/C30H48N4O/c1-23(2)13-19-33(20-14-24(3)4)30(35)26-11-12-27-28(22-26)34(29(31-27)21-25(5)6)18-10-17-32-15-8-7-9-16-32/h11-12,22-24H,5,7-10,13-21H2,1-4,6H3. The lowest BCUT2D eigenvalue weighted by Crippen LogP contribution is -2.34. The predicted octanol–water partition coefficient (Wildman–Crippen LogP) is 6.57. The molecule has 0 bridgehead atoms. The van der Waals surface area contributed by atoms with Gasteiger partial charge in [-0.25, -0.2) is 4.98 Å². The summed E-state index contributed by atoms with van der Waals surface area (Å²) in [7, 11) is 0. The Hall–Kier alpha value is -2.14. The van der Waals surface area contributed by atoms with Gasteiger partial charge < -0.3 is 14.4 Å². The third-order valence-corrected chi connectivity index (χ3v) is 7.08. The Kier molecular flexibility index (Phi) is 10.4. The largest absolute Gasteiger partial charge is 0.339 e. The van der Waals surface area contributed by atoms with E-state index in [9.17, 15) is 4.79 Å². The number of aromatic nitrogens is 2. The third-order valence-electron chi connectivity index (χ3n) is 7.08. The summed E-state index contributed by atoms with van der Waals surface area (Å²) in [4.78, 5) is 23.2. The van der Waals surface area contributed by atoms with Gasteiger partial charge in [-0.3, -0.25) is 4.79 Å². The highest BCUT2D eigenvalue weighted by atomic mass is 16.2. The van der Waals surface area contributed by atoms with Gasteiger partial charge in [0, 0.05) is 31.6 Å². The van der Waals surface area contributed by atoms with Gasteiger partial charge in [0.2, 0.25) is 0 Å². The van der Waals surface area contributed by atoms with Gasteiger partial charge >= 0.3 is 0 Å². The summed E-state index contributed by atoms with van der Waals surface area (Å²) in [5.41, 5.74) is 3.96. The number of benzene rings is 1. The van der Waals surface area contributed by atoms with Crippen molar-refractivity contribution in [2.75, 3.05) is 32.7 Å². The van der Waals surface area contributed by atoms with Gasteiger partial charge in [-0.2, -0.15) is 0 Å². The van der Waals surface area contributed by atoms with Gasteiger partial charge in [-0.05, 0) is 88.7 Å². The minimum Gasteiger partial charge on any atom is -0.339 e. The van der Waals surface area contributed by atoms with E-state index in [1.54, 1.807) is 0 Å². The first-order valence-electron chi connectivity index (χ1n) is 13.9. The Morgan fingerprint density at radius 1 is 1.03 bits per heavy atom. The van der Waals surface area contributed by atoms with Crippen LogP contribution in [0.4, 0.5) is 0 Å². The summed E-state index contributed by atoms with van der Waals surface area (Å²) in [5.74, 6) is 2.37. The van der Waals surface area contributed by atoms with Crippen molar-refractivity contribution in [1.82, 2.24) is 19.4 Å². The van der Waals surface area contributed by atoms with Crippen molar-refractivity contribution >= 4 is 16.9 Å². The number of hydrogen-bond acceptors (Lipinski definition) is 3. The van der Waals surface area contributed by atoms with E-state index in [0.717, 1.165) is 79.9 Å². The highest BCUT2D eigenvalue weighted by Crippen LogP contribution is 2.22. The molecule has 1 fully saturated rings. The SMILES string of the molecule is C=C(C)Cc1nc2ccc(C(=O)N(CCC(C)C)CCC(C)C)cc2n1CCCN1CCCCC1. The summed E-state index contributed by atoms with van der Waals surface area (Å²) >= 11 is 0. The second-order valence-corrected chi connectivity index (χ2v) is 11.4. The molecule has 194 valence electrons. The van der Waals surface area contributed by atoms with Crippen LogP contribution < -0.4 is 0 Å². The smallest absolute Gasteiger partial charge is 0.253 e. The number of nitrogens with zero attached hydrogens (tertiary/aromatic N) is 4. The number of allylic oxidation sites excluding steroid dienone is 1. The molecule has 0 aliphatic carbocycles. The van der Waals surface area contributed by atoms with Crippen LogP contribution in [-0.2, 0) is 13.0 Å². The fraction of sp³-hybridized carbons (Fsp3) is 0.667. The molecule has 0 spiro atoms. The Bertz CT molecular complexity index is 956. The molecule has 1 aromatic carbocycles. The number of piperidine rings is 1. The molecule has 1 aromatic heterocycles. The summed E-state index contributed by atoms with van der Waals surface area (Å²) in [5, 5.41) is 0. The first-order valence-corrected chi connectivity index (χ1v) is 13.9. The number of carbonyl (C=O) groups excluding carboxylic acids is 1. The molecule has 1 aliphatic rings. The Morgan fingerprint density at radius 3 is 2.29 bits per heavy atom. The first-order chi connectivity index (χ1) is 16.7. The second-order valence-electron chi connectivity index (χ2n) is 11.4. The predicted molar refractivity (Wildman–Crippen MR) is 148 cm³/mol. The Labute approximate surface area is 213 Å². The zero-order valence-electron chi connectivity index (χ0n) is 23.0. The lowest BCUT2D eigenvalue weighted by atomic mass is 10.1. The summed E-state index contributed by atoms with van der Waals surface area (Å²) in [6, 6.07) is 6.10. The quantitative estimate of drug-likeness (QED) is 0.305. The topological polar surface area (TPSA) is 41.4 Å². The van der Waals surface area contributed by atoms with Crippen LogP contribution in [0.2, 0.25) is 0 Å². The van der Waals surface area contributed by atoms with Crippen molar-refractivity contribution in [3.63, 3.8) is 0 Å². The van der Waals surface area contributed by atoms with Crippen molar-refractivity contribution in [2.45, 2.75) is 86.1 Å². The number of aryl methyl sites for hydroxylation is 1. The lowest BCUT2D eigenvalue weighted by Gasteiger charge is -2.26. The van der Waals surface area contributed by atoms with Crippen LogP contribution in [0.3, 0.4) is 0 Å². The van der Waals surface area contributed by atoms with Crippen LogP contribution in [0.5, 0.6) is 0 Å². The number of hydrogen-bond donors (Lipinski definition) is 0. The number of fused-ring (bicyclic) bond motifs is 1.